The molecular formula is C34H27N3. The van der Waals surface area contributed by atoms with E-state index < -0.39 is 0 Å². The molecule has 0 unspecified atom stereocenters. The number of fused-ring (bicyclic) bond motifs is 1. The molecule has 0 N–H and O–H groups in total. The first-order valence-electron chi connectivity index (χ1n) is 12.7. The molecule has 0 bridgehead atoms. The van der Waals surface area contributed by atoms with Gasteiger partial charge in [-0.1, -0.05) is 122 Å². The normalized spacial score (nSPS) is 11.1. The van der Waals surface area contributed by atoms with Crippen molar-refractivity contribution in [2.45, 2.75) is 20.3 Å². The molecular weight excluding hydrogens is 450 g/mol. The molecule has 0 spiro atoms. The maximum absolute atomic E-state index is 4.96. The Labute approximate surface area is 217 Å². The summed E-state index contributed by atoms with van der Waals surface area (Å²) >= 11 is 0. The van der Waals surface area contributed by atoms with Crippen LogP contribution >= 0.6 is 0 Å². The Hall–Kier alpha value is -4.63. The fourth-order valence-corrected chi connectivity index (χ4v) is 5.02. The molecule has 0 aliphatic carbocycles. The van der Waals surface area contributed by atoms with E-state index in [0.717, 1.165) is 28.5 Å². The zero-order valence-electron chi connectivity index (χ0n) is 21.0. The first-order chi connectivity index (χ1) is 18.2. The highest BCUT2D eigenvalue weighted by Gasteiger charge is 2.16. The van der Waals surface area contributed by atoms with Crippen LogP contribution in [0.1, 0.15) is 18.1 Å². The first kappa shape index (κ1) is 22.8. The quantitative estimate of drug-likeness (QED) is 0.250. The van der Waals surface area contributed by atoms with Gasteiger partial charge in [0.1, 0.15) is 0 Å². The third-order valence-corrected chi connectivity index (χ3v) is 6.96. The lowest BCUT2D eigenvalue weighted by Crippen LogP contribution is -2.00. The summed E-state index contributed by atoms with van der Waals surface area (Å²) in [6, 6.07) is 39.8. The third kappa shape index (κ3) is 4.30. The lowest BCUT2D eigenvalue weighted by Gasteiger charge is -2.15. The topological polar surface area (TPSA) is 38.7 Å². The molecule has 37 heavy (non-hydrogen) atoms. The molecule has 3 heteroatoms. The molecule has 1 heterocycles. The third-order valence-electron chi connectivity index (χ3n) is 6.96. The Bertz CT molecular complexity index is 1650. The molecule has 3 nitrogen and oxygen atoms in total. The summed E-state index contributed by atoms with van der Waals surface area (Å²) in [5, 5.41) is 2.35. The van der Waals surface area contributed by atoms with Crippen LogP contribution in [0.3, 0.4) is 0 Å². The van der Waals surface area contributed by atoms with Crippen molar-refractivity contribution in [3.63, 3.8) is 0 Å². The molecule has 0 saturated heterocycles. The lowest BCUT2D eigenvalue weighted by molar-refractivity contribution is 1.08. The van der Waals surface area contributed by atoms with Gasteiger partial charge < -0.3 is 0 Å². The largest absolute Gasteiger partial charge is 0.208 e. The van der Waals surface area contributed by atoms with Gasteiger partial charge in [0.2, 0.25) is 0 Å². The summed E-state index contributed by atoms with van der Waals surface area (Å²) in [5.74, 6) is 2.03. The maximum atomic E-state index is 4.96. The number of benzene rings is 5. The van der Waals surface area contributed by atoms with Crippen LogP contribution in [0.5, 0.6) is 0 Å². The number of aromatic nitrogens is 3. The second-order valence-electron chi connectivity index (χ2n) is 9.19. The number of rotatable bonds is 5. The van der Waals surface area contributed by atoms with E-state index in [4.69, 9.17) is 15.0 Å². The molecule has 178 valence electrons. The van der Waals surface area contributed by atoms with Crippen LogP contribution in [0.2, 0.25) is 0 Å². The van der Waals surface area contributed by atoms with E-state index in [0.29, 0.717) is 17.5 Å². The molecule has 0 aliphatic heterocycles. The monoisotopic (exact) mass is 477 g/mol. The Morgan fingerprint density at radius 2 is 1.03 bits per heavy atom. The Morgan fingerprint density at radius 1 is 0.459 bits per heavy atom. The summed E-state index contributed by atoms with van der Waals surface area (Å²) in [4.78, 5) is 14.8. The molecule has 0 radical (unpaired) electrons. The summed E-state index contributed by atoms with van der Waals surface area (Å²) < 4.78 is 0. The number of hydrogen-bond donors (Lipinski definition) is 0. The van der Waals surface area contributed by atoms with Crippen LogP contribution in [-0.2, 0) is 6.42 Å². The first-order valence-corrected chi connectivity index (χ1v) is 12.7. The molecule has 0 amide bonds. The van der Waals surface area contributed by atoms with Crippen LogP contribution in [0.15, 0.2) is 115 Å². The standard InChI is InChI=1S/C34H27N3/c1-3-24-13-10-11-18-29(24)28-21-22-30-27(23(28)2)19-12-20-31(30)34-36-32(25-14-6-4-7-15-25)35-33(37-34)26-16-8-5-9-17-26/h4-22H,3H2,1-2H3. The van der Waals surface area contributed by atoms with E-state index in [1.807, 2.05) is 60.7 Å². The van der Waals surface area contributed by atoms with Gasteiger partial charge >= 0.3 is 0 Å². The molecule has 0 saturated carbocycles. The van der Waals surface area contributed by atoms with Gasteiger partial charge in [-0.15, -0.1) is 0 Å². The van der Waals surface area contributed by atoms with Gasteiger partial charge in [0.15, 0.2) is 17.5 Å². The Kier molecular flexibility index (Phi) is 6.03. The average molecular weight is 478 g/mol. The van der Waals surface area contributed by atoms with Gasteiger partial charge in [-0.25, -0.2) is 15.0 Å². The zero-order valence-corrected chi connectivity index (χ0v) is 21.0. The lowest BCUT2D eigenvalue weighted by atomic mass is 9.90. The molecule has 1 aromatic heterocycles. The Balaban J connectivity index is 1.56. The van der Waals surface area contributed by atoms with E-state index >= 15 is 0 Å². The minimum atomic E-state index is 0.673. The van der Waals surface area contributed by atoms with Crippen LogP contribution in [-0.4, -0.2) is 15.0 Å². The predicted molar refractivity (Wildman–Crippen MR) is 153 cm³/mol. The van der Waals surface area contributed by atoms with Crippen molar-refractivity contribution >= 4 is 10.8 Å². The maximum Gasteiger partial charge on any atom is 0.164 e. The van der Waals surface area contributed by atoms with Crippen molar-refractivity contribution in [1.29, 1.82) is 0 Å². The fourth-order valence-electron chi connectivity index (χ4n) is 5.02. The second kappa shape index (κ2) is 9.79. The molecule has 6 rings (SSSR count). The van der Waals surface area contributed by atoms with Gasteiger partial charge in [-0.3, -0.25) is 0 Å². The molecule has 0 aliphatic rings. The van der Waals surface area contributed by atoms with E-state index in [1.165, 1.54) is 27.6 Å². The van der Waals surface area contributed by atoms with Crippen LogP contribution in [0.25, 0.3) is 56.1 Å². The summed E-state index contributed by atoms with van der Waals surface area (Å²) in [5.41, 5.74) is 8.14. The van der Waals surface area contributed by atoms with Crippen LogP contribution in [0, 0.1) is 6.92 Å². The number of nitrogens with zero attached hydrogens (tertiary/aromatic N) is 3. The highest BCUT2D eigenvalue weighted by atomic mass is 15.0. The Morgan fingerprint density at radius 3 is 1.68 bits per heavy atom. The summed E-state index contributed by atoms with van der Waals surface area (Å²) in [6.07, 6.45) is 1.00. The van der Waals surface area contributed by atoms with E-state index in [2.05, 4.69) is 68.4 Å². The van der Waals surface area contributed by atoms with Crippen molar-refractivity contribution in [2.75, 3.05) is 0 Å². The van der Waals surface area contributed by atoms with Gasteiger partial charge in [0, 0.05) is 16.7 Å². The van der Waals surface area contributed by atoms with E-state index in [1.54, 1.807) is 0 Å². The minimum absolute atomic E-state index is 0.673. The highest BCUT2D eigenvalue weighted by molar-refractivity contribution is 6.00. The average Bonchev–Trinajstić information content (AvgIpc) is 2.98. The van der Waals surface area contributed by atoms with Gasteiger partial charge in [0.25, 0.3) is 0 Å². The molecule has 0 fully saturated rings. The smallest absolute Gasteiger partial charge is 0.164 e. The van der Waals surface area contributed by atoms with Gasteiger partial charge in [-0.2, -0.15) is 0 Å². The van der Waals surface area contributed by atoms with Gasteiger partial charge in [0.05, 0.1) is 0 Å². The molecule has 5 aromatic carbocycles. The minimum Gasteiger partial charge on any atom is -0.208 e. The molecule has 0 atom stereocenters. The van der Waals surface area contributed by atoms with Crippen LogP contribution in [0.4, 0.5) is 0 Å². The molecule has 6 aromatic rings. The summed E-state index contributed by atoms with van der Waals surface area (Å²) in [6.45, 7) is 4.43. The predicted octanol–water partition coefficient (Wildman–Crippen LogP) is 8.56. The second-order valence-corrected chi connectivity index (χ2v) is 9.19. The fraction of sp³-hybridized carbons (Fsp3) is 0.0882. The van der Waals surface area contributed by atoms with Crippen molar-refractivity contribution in [1.82, 2.24) is 15.0 Å². The summed E-state index contributed by atoms with van der Waals surface area (Å²) in [7, 11) is 0. The zero-order chi connectivity index (χ0) is 25.2. The SMILES string of the molecule is CCc1ccccc1-c1ccc2c(-c3nc(-c4ccccc4)nc(-c4ccccc4)n3)cccc2c1C. The van der Waals surface area contributed by atoms with E-state index in [-0.39, 0.29) is 0 Å². The highest BCUT2D eigenvalue weighted by Crippen LogP contribution is 2.36. The number of aryl methyl sites for hydroxylation is 2. The van der Waals surface area contributed by atoms with Gasteiger partial charge in [-0.05, 0) is 46.4 Å². The van der Waals surface area contributed by atoms with Crippen LogP contribution < -0.4 is 0 Å². The van der Waals surface area contributed by atoms with Crippen molar-refractivity contribution in [3.05, 3.63) is 126 Å². The van der Waals surface area contributed by atoms with Crippen molar-refractivity contribution in [2.24, 2.45) is 0 Å². The number of hydrogen-bond acceptors (Lipinski definition) is 3. The van der Waals surface area contributed by atoms with Crippen molar-refractivity contribution in [3.8, 4) is 45.3 Å². The van der Waals surface area contributed by atoms with E-state index in [9.17, 15) is 0 Å². The van der Waals surface area contributed by atoms with Crippen molar-refractivity contribution < 1.29 is 0 Å².